The van der Waals surface area contributed by atoms with E-state index in [0.717, 1.165) is 49.4 Å². The number of phenols is 1. The molecule has 6 aliphatic rings. The average molecular weight is 479 g/mol. The van der Waals surface area contributed by atoms with Gasteiger partial charge in [-0.15, -0.1) is 0 Å². The second-order valence-electron chi connectivity index (χ2n) is 11.5. The molecule has 0 radical (unpaired) electrons. The van der Waals surface area contributed by atoms with Crippen molar-refractivity contribution in [3.63, 3.8) is 0 Å². The number of unbranched alkanes of at least 4 members (excludes halogenated alkanes) is 1. The van der Waals surface area contributed by atoms with Gasteiger partial charge in [0.05, 0.1) is 17.1 Å². The van der Waals surface area contributed by atoms with E-state index in [4.69, 9.17) is 4.74 Å². The van der Waals surface area contributed by atoms with Crippen molar-refractivity contribution in [3.8, 4) is 11.5 Å². The SMILES string of the molecule is CCC/C=C1/C=C(O)N([C@@H]2CC[C@@]3(O)[C@H]4Cc5ccc(O)c6c5[C@@]3(CCN4CC3CC3)[C@@H]2O6)C1=O. The number of nitrogens with zero attached hydrogens (tertiary/aromatic N) is 2. The topological polar surface area (TPSA) is 93.5 Å². The molecule has 3 fully saturated rings. The summed E-state index contributed by atoms with van der Waals surface area (Å²) in [5, 5.41) is 34.3. The lowest BCUT2D eigenvalue weighted by atomic mass is 9.48. The molecule has 7 heteroatoms. The van der Waals surface area contributed by atoms with E-state index in [9.17, 15) is 20.1 Å². The second kappa shape index (κ2) is 7.26. The van der Waals surface area contributed by atoms with E-state index < -0.39 is 23.2 Å². The molecule has 5 atom stereocenters. The van der Waals surface area contributed by atoms with Crippen LogP contribution in [0.5, 0.6) is 11.5 Å². The van der Waals surface area contributed by atoms with Crippen molar-refractivity contribution in [2.24, 2.45) is 5.92 Å². The Kier molecular flexibility index (Phi) is 4.51. The van der Waals surface area contributed by atoms with Gasteiger partial charge in [-0.05, 0) is 69.0 Å². The Bertz CT molecular complexity index is 1170. The highest BCUT2D eigenvalue weighted by atomic mass is 16.5. The lowest BCUT2D eigenvalue weighted by Gasteiger charge is -2.64. The predicted molar refractivity (Wildman–Crippen MR) is 129 cm³/mol. The first-order valence-corrected chi connectivity index (χ1v) is 13.3. The molecule has 0 aromatic heterocycles. The van der Waals surface area contributed by atoms with Crippen LogP contribution in [0.4, 0.5) is 0 Å². The van der Waals surface area contributed by atoms with Crippen LogP contribution >= 0.6 is 0 Å². The summed E-state index contributed by atoms with van der Waals surface area (Å²) in [5.41, 5.74) is 0.873. The molecule has 186 valence electrons. The van der Waals surface area contributed by atoms with Crippen molar-refractivity contribution in [2.75, 3.05) is 13.1 Å². The van der Waals surface area contributed by atoms with Gasteiger partial charge in [-0.3, -0.25) is 14.6 Å². The Balaban J connectivity index is 1.33. The molecule has 7 nitrogen and oxygen atoms in total. The van der Waals surface area contributed by atoms with Gasteiger partial charge < -0.3 is 20.1 Å². The minimum absolute atomic E-state index is 0.00896. The third-order valence-electron chi connectivity index (χ3n) is 9.71. The Morgan fingerprint density at radius 1 is 1.20 bits per heavy atom. The van der Waals surface area contributed by atoms with Crippen LogP contribution in [0.1, 0.15) is 63.0 Å². The highest BCUT2D eigenvalue weighted by molar-refractivity contribution is 6.00. The Morgan fingerprint density at radius 3 is 2.80 bits per heavy atom. The number of ether oxygens (including phenoxy) is 1. The molecule has 0 unspecified atom stereocenters. The molecular formula is C28H34N2O5. The number of aliphatic hydroxyl groups excluding tert-OH is 1. The molecule has 3 aliphatic carbocycles. The van der Waals surface area contributed by atoms with E-state index in [1.54, 1.807) is 12.1 Å². The monoisotopic (exact) mass is 478 g/mol. The summed E-state index contributed by atoms with van der Waals surface area (Å²) >= 11 is 0. The standard InChI is InChI=1S/C28H34N2O5/c1-2-3-4-18-14-22(32)30(26(18)33)19-9-10-28(34)21-13-17-7-8-20(31)24-23(17)27(28,25(19)35-24)11-12-29(21)15-16-5-6-16/h4,7-8,14,16,19,21,25,31-32,34H,2-3,5-6,9-13,15H2,1H3/b18-4-/t19-,21-,25-,27+,28-/m1/s1. The molecule has 1 aromatic carbocycles. The number of aromatic hydroxyl groups is 1. The van der Waals surface area contributed by atoms with Crippen LogP contribution in [0.3, 0.4) is 0 Å². The maximum absolute atomic E-state index is 13.4. The number of carbonyl (C=O) groups excluding carboxylic acids is 1. The van der Waals surface area contributed by atoms with Crippen LogP contribution in [-0.2, 0) is 16.6 Å². The molecule has 1 spiro atoms. The molecule has 3 heterocycles. The minimum atomic E-state index is -1.00. The Hall–Kier alpha value is -2.51. The summed E-state index contributed by atoms with van der Waals surface area (Å²) < 4.78 is 6.56. The zero-order chi connectivity index (χ0) is 24.1. The number of allylic oxidation sites excluding steroid dienone is 1. The third kappa shape index (κ3) is 2.71. The largest absolute Gasteiger partial charge is 0.504 e. The van der Waals surface area contributed by atoms with Crippen molar-refractivity contribution in [3.05, 3.63) is 46.9 Å². The number of benzene rings is 1. The molecule has 7 rings (SSSR count). The number of phenolic OH excluding ortho intramolecular Hbond substituents is 1. The smallest absolute Gasteiger partial charge is 0.260 e. The highest BCUT2D eigenvalue weighted by Gasteiger charge is 2.74. The predicted octanol–water partition coefficient (Wildman–Crippen LogP) is 3.29. The lowest BCUT2D eigenvalue weighted by Crippen LogP contribution is -2.78. The molecule has 3 aliphatic heterocycles. The normalized spacial score (nSPS) is 38.5. The minimum Gasteiger partial charge on any atom is -0.504 e. The number of aliphatic hydroxyl groups is 2. The van der Waals surface area contributed by atoms with Gasteiger partial charge in [-0.1, -0.05) is 25.5 Å². The van der Waals surface area contributed by atoms with Crippen LogP contribution in [0.15, 0.2) is 35.7 Å². The van der Waals surface area contributed by atoms with Gasteiger partial charge in [0.2, 0.25) is 0 Å². The molecule has 1 saturated heterocycles. The average Bonchev–Trinajstić information content (AvgIpc) is 3.51. The highest BCUT2D eigenvalue weighted by Crippen LogP contribution is 2.66. The molecule has 35 heavy (non-hydrogen) atoms. The number of hydrogen-bond donors (Lipinski definition) is 3. The van der Waals surface area contributed by atoms with Gasteiger partial charge in [-0.2, -0.15) is 0 Å². The Morgan fingerprint density at radius 2 is 2.03 bits per heavy atom. The Labute approximate surface area is 205 Å². The van der Waals surface area contributed by atoms with Crippen molar-refractivity contribution in [2.45, 2.75) is 87.5 Å². The van der Waals surface area contributed by atoms with Crippen LogP contribution in [0.25, 0.3) is 0 Å². The molecule has 2 bridgehead atoms. The van der Waals surface area contributed by atoms with Crippen LogP contribution in [0.2, 0.25) is 0 Å². The molecule has 3 N–H and O–H groups in total. The van der Waals surface area contributed by atoms with Crippen LogP contribution in [-0.4, -0.2) is 67.9 Å². The van der Waals surface area contributed by atoms with E-state index in [1.807, 2.05) is 12.1 Å². The van der Waals surface area contributed by atoms with E-state index in [0.29, 0.717) is 30.6 Å². The van der Waals surface area contributed by atoms with Gasteiger partial charge in [-0.25, -0.2) is 0 Å². The van der Waals surface area contributed by atoms with Gasteiger partial charge >= 0.3 is 0 Å². The van der Waals surface area contributed by atoms with Gasteiger partial charge in [0.1, 0.15) is 6.10 Å². The van der Waals surface area contributed by atoms with Crippen molar-refractivity contribution >= 4 is 5.91 Å². The maximum Gasteiger partial charge on any atom is 0.260 e. The fraction of sp³-hybridized carbons (Fsp3) is 0.607. The third-order valence-corrected chi connectivity index (χ3v) is 9.71. The summed E-state index contributed by atoms with van der Waals surface area (Å²) in [7, 11) is 0. The molecule has 1 aromatic rings. The van der Waals surface area contributed by atoms with E-state index in [2.05, 4.69) is 11.8 Å². The summed E-state index contributed by atoms with van der Waals surface area (Å²) in [4.78, 5) is 17.4. The quantitative estimate of drug-likeness (QED) is 0.563. The van der Waals surface area contributed by atoms with Crippen molar-refractivity contribution in [1.29, 1.82) is 0 Å². The number of carbonyl (C=O) groups is 1. The molecular weight excluding hydrogens is 444 g/mol. The fourth-order valence-electron chi connectivity index (χ4n) is 8.00. The van der Waals surface area contributed by atoms with E-state index in [-0.39, 0.29) is 23.6 Å². The first-order chi connectivity index (χ1) is 16.9. The van der Waals surface area contributed by atoms with Gasteiger partial charge in [0, 0.05) is 29.8 Å². The van der Waals surface area contributed by atoms with E-state index in [1.165, 1.54) is 17.7 Å². The first-order valence-electron chi connectivity index (χ1n) is 13.3. The summed E-state index contributed by atoms with van der Waals surface area (Å²) in [6, 6.07) is 3.26. The summed E-state index contributed by atoms with van der Waals surface area (Å²) in [6.45, 7) is 3.95. The zero-order valence-electron chi connectivity index (χ0n) is 20.2. The van der Waals surface area contributed by atoms with Crippen LogP contribution in [0, 0.1) is 5.92 Å². The van der Waals surface area contributed by atoms with Gasteiger partial charge in [0.15, 0.2) is 17.4 Å². The second-order valence-corrected chi connectivity index (χ2v) is 11.5. The maximum atomic E-state index is 13.4. The van der Waals surface area contributed by atoms with Crippen molar-refractivity contribution < 1.29 is 24.9 Å². The lowest BCUT2D eigenvalue weighted by molar-refractivity contribution is -0.200. The van der Waals surface area contributed by atoms with Crippen LogP contribution < -0.4 is 4.74 Å². The summed E-state index contributed by atoms with van der Waals surface area (Å²) in [6.07, 6.45) is 9.67. The van der Waals surface area contributed by atoms with Crippen molar-refractivity contribution in [1.82, 2.24) is 9.80 Å². The molecule has 2 saturated carbocycles. The molecule has 1 amide bonds. The number of piperidine rings is 1. The summed E-state index contributed by atoms with van der Waals surface area (Å²) in [5.74, 6) is 1.03. The van der Waals surface area contributed by atoms with E-state index >= 15 is 0 Å². The fourth-order valence-corrected chi connectivity index (χ4v) is 8.00. The number of hydrogen-bond acceptors (Lipinski definition) is 6. The number of amides is 1. The van der Waals surface area contributed by atoms with Gasteiger partial charge in [0.25, 0.3) is 5.91 Å². The zero-order valence-corrected chi connectivity index (χ0v) is 20.2. The first kappa shape index (κ1) is 21.7. The number of rotatable bonds is 5. The number of likely N-dealkylation sites (tertiary alicyclic amines) is 1.